The Morgan fingerprint density at radius 3 is 2.94 bits per heavy atom. The number of fused-ring (bicyclic) bond motifs is 3. The molecule has 0 aromatic carbocycles. The zero-order chi connectivity index (χ0) is 23.7. The molecule has 7 nitrogen and oxygen atoms in total. The first-order valence-corrected chi connectivity index (χ1v) is 13.1. The number of methoxy groups -OCH3 is 1. The number of carbonyl (C=O) groups excluding carboxylic acids is 2. The van der Waals surface area contributed by atoms with Crippen molar-refractivity contribution in [3.63, 3.8) is 0 Å². The third kappa shape index (κ3) is 4.59. The van der Waals surface area contributed by atoms with E-state index in [0.29, 0.717) is 30.1 Å². The average molecular weight is 467 g/mol. The molecule has 184 valence electrons. The van der Waals surface area contributed by atoms with E-state index >= 15 is 0 Å². The van der Waals surface area contributed by atoms with Crippen molar-refractivity contribution in [2.24, 2.45) is 17.3 Å². The minimum absolute atomic E-state index is 0.0712. The lowest BCUT2D eigenvalue weighted by Gasteiger charge is -2.48. The maximum absolute atomic E-state index is 13.3. The summed E-state index contributed by atoms with van der Waals surface area (Å²) in [6.45, 7) is 4.33. The van der Waals surface area contributed by atoms with Gasteiger partial charge in [0.2, 0.25) is 0 Å². The fraction of sp³-hybridized carbons (Fsp3) is 0.667. The van der Waals surface area contributed by atoms with Crippen molar-refractivity contribution in [2.75, 3.05) is 26.7 Å². The molecule has 0 radical (unpaired) electrons. The Labute approximate surface area is 202 Å². The zero-order valence-corrected chi connectivity index (χ0v) is 20.6. The molecule has 2 aromatic heterocycles. The summed E-state index contributed by atoms with van der Waals surface area (Å²) >= 11 is 0. The molecule has 2 saturated carbocycles. The number of imidazole rings is 1. The number of nitrogens with one attached hydrogen (secondary N) is 1. The first-order chi connectivity index (χ1) is 16.5. The van der Waals surface area contributed by atoms with Crippen molar-refractivity contribution in [1.29, 1.82) is 0 Å². The maximum Gasteiger partial charge on any atom is 0.274 e. The highest BCUT2D eigenvalue weighted by atomic mass is 16.5. The number of nitrogens with zero attached hydrogens (tertiary/aromatic N) is 3. The summed E-state index contributed by atoms with van der Waals surface area (Å²) in [6.07, 6.45) is 12.6. The molecule has 3 heterocycles. The Kier molecular flexibility index (Phi) is 6.65. The standard InChI is InChI=1S/C27H38N4O3/c1-3-19-13-20-7-5-11-27(14-19,15-20)18-28-25(32)23-9-4-10-24-29-22(17-31(23)24)26(33)30-12-6-8-21(16-30)34-2/h4,9-10,17,19-21H,3,5-8,11-16,18H2,1-2H3,(H,28,32). The molecule has 2 aliphatic carbocycles. The highest BCUT2D eigenvalue weighted by molar-refractivity contribution is 5.95. The van der Waals surface area contributed by atoms with Gasteiger partial charge in [0, 0.05) is 32.9 Å². The highest BCUT2D eigenvalue weighted by Crippen LogP contribution is 2.51. The number of amides is 2. The lowest BCUT2D eigenvalue weighted by Crippen LogP contribution is -2.45. The van der Waals surface area contributed by atoms with Gasteiger partial charge >= 0.3 is 0 Å². The van der Waals surface area contributed by atoms with Crippen LogP contribution in [0, 0.1) is 17.3 Å². The highest BCUT2D eigenvalue weighted by Gasteiger charge is 2.42. The van der Waals surface area contributed by atoms with Crippen molar-refractivity contribution < 1.29 is 14.3 Å². The molecule has 2 amide bonds. The number of piperidine rings is 1. The van der Waals surface area contributed by atoms with Crippen molar-refractivity contribution in [2.45, 2.75) is 70.8 Å². The van der Waals surface area contributed by atoms with Crippen LogP contribution in [-0.4, -0.2) is 58.9 Å². The van der Waals surface area contributed by atoms with Crippen LogP contribution in [0.15, 0.2) is 24.4 Å². The third-order valence-corrected chi connectivity index (χ3v) is 8.57. The molecular weight excluding hydrogens is 428 g/mol. The predicted molar refractivity (Wildman–Crippen MR) is 131 cm³/mol. The van der Waals surface area contributed by atoms with Crippen LogP contribution in [0.1, 0.15) is 85.7 Å². The molecule has 2 aromatic rings. The van der Waals surface area contributed by atoms with Gasteiger partial charge in [0.1, 0.15) is 17.0 Å². The van der Waals surface area contributed by atoms with Crippen LogP contribution in [0.5, 0.6) is 0 Å². The Bertz CT molecular complexity index is 1050. The Morgan fingerprint density at radius 2 is 2.12 bits per heavy atom. The minimum Gasteiger partial charge on any atom is -0.380 e. The number of rotatable bonds is 6. The molecule has 7 heteroatoms. The summed E-state index contributed by atoms with van der Waals surface area (Å²) in [6, 6.07) is 5.51. The van der Waals surface area contributed by atoms with Crippen LogP contribution in [0.25, 0.3) is 5.65 Å². The van der Waals surface area contributed by atoms with Crippen LogP contribution >= 0.6 is 0 Å². The smallest absolute Gasteiger partial charge is 0.274 e. The van der Waals surface area contributed by atoms with Gasteiger partial charge in [-0.1, -0.05) is 32.3 Å². The first-order valence-electron chi connectivity index (χ1n) is 13.1. The molecule has 0 spiro atoms. The quantitative estimate of drug-likeness (QED) is 0.688. The van der Waals surface area contributed by atoms with E-state index in [-0.39, 0.29) is 23.3 Å². The van der Waals surface area contributed by atoms with Gasteiger partial charge in [-0.15, -0.1) is 0 Å². The first kappa shape index (κ1) is 23.3. The largest absolute Gasteiger partial charge is 0.380 e. The molecule has 5 rings (SSSR count). The summed E-state index contributed by atoms with van der Waals surface area (Å²) in [5.74, 6) is 1.42. The molecule has 4 atom stereocenters. The normalized spacial score (nSPS) is 29.2. The minimum atomic E-state index is -0.100. The summed E-state index contributed by atoms with van der Waals surface area (Å²) in [7, 11) is 1.69. The van der Waals surface area contributed by atoms with Crippen molar-refractivity contribution in [1.82, 2.24) is 19.6 Å². The summed E-state index contributed by atoms with van der Waals surface area (Å²) in [4.78, 5) is 32.8. The molecular formula is C27H38N4O3. The van der Waals surface area contributed by atoms with Crippen LogP contribution < -0.4 is 5.32 Å². The number of carbonyl (C=O) groups is 2. The van der Waals surface area contributed by atoms with E-state index in [4.69, 9.17) is 4.74 Å². The Balaban J connectivity index is 1.31. The fourth-order valence-electron chi connectivity index (χ4n) is 6.81. The van der Waals surface area contributed by atoms with Crippen molar-refractivity contribution in [3.8, 4) is 0 Å². The van der Waals surface area contributed by atoms with E-state index in [0.717, 1.165) is 31.2 Å². The van der Waals surface area contributed by atoms with Gasteiger partial charge < -0.3 is 15.0 Å². The third-order valence-electron chi connectivity index (χ3n) is 8.57. The van der Waals surface area contributed by atoms with E-state index in [1.54, 1.807) is 17.7 Å². The van der Waals surface area contributed by atoms with E-state index in [1.807, 2.05) is 23.1 Å². The van der Waals surface area contributed by atoms with Gasteiger partial charge in [0.15, 0.2) is 0 Å². The van der Waals surface area contributed by atoms with Gasteiger partial charge in [0.25, 0.3) is 11.8 Å². The summed E-state index contributed by atoms with van der Waals surface area (Å²) in [5, 5.41) is 3.27. The van der Waals surface area contributed by atoms with E-state index in [2.05, 4.69) is 17.2 Å². The average Bonchev–Trinajstić information content (AvgIpc) is 3.31. The monoisotopic (exact) mass is 466 g/mol. The number of likely N-dealkylation sites (tertiary alicyclic amines) is 1. The van der Waals surface area contributed by atoms with Crippen LogP contribution in [0.4, 0.5) is 0 Å². The second-order valence-corrected chi connectivity index (χ2v) is 10.9. The lowest BCUT2D eigenvalue weighted by molar-refractivity contribution is 0.0266. The molecule has 4 unspecified atom stereocenters. The van der Waals surface area contributed by atoms with E-state index < -0.39 is 0 Å². The Hall–Kier alpha value is -2.41. The zero-order valence-electron chi connectivity index (χ0n) is 20.6. The fourth-order valence-corrected chi connectivity index (χ4v) is 6.81. The van der Waals surface area contributed by atoms with Crippen LogP contribution in [0.2, 0.25) is 0 Å². The molecule has 1 N–H and O–H groups in total. The Morgan fingerprint density at radius 1 is 1.24 bits per heavy atom. The number of ether oxygens (including phenoxy) is 1. The van der Waals surface area contributed by atoms with Gasteiger partial charge in [0.05, 0.1) is 6.10 Å². The van der Waals surface area contributed by atoms with Crippen molar-refractivity contribution in [3.05, 3.63) is 35.8 Å². The van der Waals surface area contributed by atoms with E-state index in [9.17, 15) is 9.59 Å². The van der Waals surface area contributed by atoms with Gasteiger partial charge in [-0.3, -0.25) is 14.0 Å². The molecule has 2 bridgehead atoms. The predicted octanol–water partition coefficient (Wildman–Crippen LogP) is 4.31. The number of pyridine rings is 1. The summed E-state index contributed by atoms with van der Waals surface area (Å²) in [5.41, 5.74) is 1.77. The van der Waals surface area contributed by atoms with Crippen LogP contribution in [0.3, 0.4) is 0 Å². The maximum atomic E-state index is 13.3. The summed E-state index contributed by atoms with van der Waals surface area (Å²) < 4.78 is 7.22. The number of hydrogen-bond donors (Lipinski definition) is 1. The second kappa shape index (κ2) is 9.68. The van der Waals surface area contributed by atoms with E-state index in [1.165, 1.54) is 44.9 Å². The molecule has 34 heavy (non-hydrogen) atoms. The second-order valence-electron chi connectivity index (χ2n) is 10.9. The number of aromatic nitrogens is 2. The molecule has 3 fully saturated rings. The molecule has 1 saturated heterocycles. The number of hydrogen-bond acceptors (Lipinski definition) is 4. The lowest BCUT2D eigenvalue weighted by atomic mass is 9.58. The van der Waals surface area contributed by atoms with Crippen LogP contribution in [-0.2, 0) is 4.74 Å². The molecule has 3 aliphatic rings. The molecule has 1 aliphatic heterocycles. The van der Waals surface area contributed by atoms with Crippen molar-refractivity contribution >= 4 is 17.5 Å². The van der Waals surface area contributed by atoms with Gasteiger partial charge in [-0.25, -0.2) is 4.98 Å². The topological polar surface area (TPSA) is 75.9 Å². The van der Waals surface area contributed by atoms with Gasteiger partial charge in [-0.2, -0.15) is 0 Å². The van der Waals surface area contributed by atoms with Gasteiger partial charge in [-0.05, 0) is 67.9 Å². The SMILES string of the molecule is CCC1CC2CCCC(CNC(=O)c3cccc4nc(C(=O)N5CCCC(OC)C5)cn34)(C1)C2.